The van der Waals surface area contributed by atoms with E-state index < -0.39 is 5.54 Å². The predicted molar refractivity (Wildman–Crippen MR) is 57.2 cm³/mol. The van der Waals surface area contributed by atoms with E-state index in [0.717, 1.165) is 25.8 Å². The van der Waals surface area contributed by atoms with E-state index in [0.29, 0.717) is 5.96 Å². The fourth-order valence-corrected chi connectivity index (χ4v) is 1.59. The van der Waals surface area contributed by atoms with Crippen molar-refractivity contribution in [3.63, 3.8) is 0 Å². The second kappa shape index (κ2) is 4.44. The Labute approximate surface area is 85.2 Å². The van der Waals surface area contributed by atoms with Crippen LogP contribution in [0, 0.1) is 0 Å². The predicted octanol–water partition coefficient (Wildman–Crippen LogP) is 1.03. The summed E-state index contributed by atoms with van der Waals surface area (Å²) in [6.45, 7) is 6.84. The number of aliphatic imine (C=N–C) groups is 1. The van der Waals surface area contributed by atoms with E-state index in [1.165, 1.54) is 0 Å². The van der Waals surface area contributed by atoms with Crippen molar-refractivity contribution in [2.45, 2.75) is 45.6 Å². The number of carbonyl (C=O) groups is 1. The van der Waals surface area contributed by atoms with Gasteiger partial charge in [-0.1, -0.05) is 20.8 Å². The van der Waals surface area contributed by atoms with Gasteiger partial charge in [-0.05, 0) is 19.3 Å². The molecule has 0 aromatic rings. The van der Waals surface area contributed by atoms with Gasteiger partial charge in [-0.2, -0.15) is 0 Å². The summed E-state index contributed by atoms with van der Waals surface area (Å²) in [6, 6.07) is 0. The highest BCUT2D eigenvalue weighted by molar-refractivity contribution is 6.08. The first-order chi connectivity index (χ1) is 6.68. The number of hydrogen-bond acceptors (Lipinski definition) is 2. The van der Waals surface area contributed by atoms with Crippen molar-refractivity contribution in [1.29, 1.82) is 0 Å². The van der Waals surface area contributed by atoms with Crippen LogP contribution < -0.4 is 10.6 Å². The van der Waals surface area contributed by atoms with E-state index in [1.807, 2.05) is 13.8 Å². The van der Waals surface area contributed by atoms with Crippen LogP contribution in [0.3, 0.4) is 0 Å². The van der Waals surface area contributed by atoms with Gasteiger partial charge in [0.25, 0.3) is 5.91 Å². The van der Waals surface area contributed by atoms with Gasteiger partial charge in [-0.25, -0.2) is 0 Å². The summed E-state index contributed by atoms with van der Waals surface area (Å²) in [4.78, 5) is 15.9. The molecule has 1 heterocycles. The van der Waals surface area contributed by atoms with E-state index >= 15 is 0 Å². The summed E-state index contributed by atoms with van der Waals surface area (Å²) in [6.07, 6.45) is 2.58. The average molecular weight is 197 g/mol. The molecule has 80 valence electrons. The van der Waals surface area contributed by atoms with E-state index in [4.69, 9.17) is 0 Å². The van der Waals surface area contributed by atoms with Gasteiger partial charge in [-0.15, -0.1) is 0 Å². The minimum atomic E-state index is -0.424. The van der Waals surface area contributed by atoms with Crippen molar-refractivity contribution in [2.75, 3.05) is 6.54 Å². The number of rotatable bonds is 4. The maximum atomic E-state index is 11.7. The van der Waals surface area contributed by atoms with Crippen LogP contribution >= 0.6 is 0 Å². The lowest BCUT2D eigenvalue weighted by Gasteiger charge is -2.22. The zero-order valence-corrected chi connectivity index (χ0v) is 9.18. The van der Waals surface area contributed by atoms with Gasteiger partial charge in [-0.3, -0.25) is 15.1 Å². The Hall–Kier alpha value is -1.06. The van der Waals surface area contributed by atoms with Gasteiger partial charge in [0, 0.05) is 6.54 Å². The Morgan fingerprint density at radius 3 is 2.36 bits per heavy atom. The molecule has 0 atom stereocenters. The Kier molecular flexibility index (Phi) is 3.49. The van der Waals surface area contributed by atoms with Crippen LogP contribution in [0.5, 0.6) is 0 Å². The first-order valence-corrected chi connectivity index (χ1v) is 5.32. The molecule has 2 N–H and O–H groups in total. The fourth-order valence-electron chi connectivity index (χ4n) is 1.59. The van der Waals surface area contributed by atoms with Crippen molar-refractivity contribution in [3.8, 4) is 0 Å². The Morgan fingerprint density at radius 2 is 1.93 bits per heavy atom. The van der Waals surface area contributed by atoms with E-state index in [-0.39, 0.29) is 5.91 Å². The fraction of sp³-hybridized carbons (Fsp3) is 0.800. The SMILES string of the molecule is CCCN=C1NC(=O)C(CC)(CC)N1. The normalized spacial score (nSPS) is 22.2. The molecule has 1 aliphatic rings. The molecule has 0 unspecified atom stereocenters. The zero-order chi connectivity index (χ0) is 10.6. The van der Waals surface area contributed by atoms with E-state index in [9.17, 15) is 4.79 Å². The molecule has 0 aromatic carbocycles. The topological polar surface area (TPSA) is 53.5 Å². The maximum Gasteiger partial charge on any atom is 0.252 e. The van der Waals surface area contributed by atoms with E-state index in [2.05, 4.69) is 22.5 Å². The molecule has 1 aliphatic heterocycles. The van der Waals surface area contributed by atoms with Crippen molar-refractivity contribution in [2.24, 2.45) is 4.99 Å². The Balaban J connectivity index is 2.72. The molecule has 14 heavy (non-hydrogen) atoms. The lowest BCUT2D eigenvalue weighted by Crippen LogP contribution is -2.45. The molecule has 1 rings (SSSR count). The van der Waals surface area contributed by atoms with Crippen molar-refractivity contribution in [3.05, 3.63) is 0 Å². The molecule has 0 bridgehead atoms. The van der Waals surface area contributed by atoms with Crippen LogP contribution in [0.1, 0.15) is 40.0 Å². The Morgan fingerprint density at radius 1 is 1.29 bits per heavy atom. The van der Waals surface area contributed by atoms with Crippen LogP contribution in [-0.4, -0.2) is 24.0 Å². The van der Waals surface area contributed by atoms with Gasteiger partial charge in [0.05, 0.1) is 0 Å². The highest BCUT2D eigenvalue weighted by Gasteiger charge is 2.41. The minimum Gasteiger partial charge on any atom is -0.342 e. The summed E-state index contributed by atoms with van der Waals surface area (Å²) in [7, 11) is 0. The molecule has 1 fully saturated rings. The third kappa shape index (κ3) is 1.89. The standard InChI is InChI=1S/C10H19N3O/c1-4-7-11-9-12-8(14)10(5-2,6-3)13-9/h4-7H2,1-3H3,(H2,11,12,13,14). The zero-order valence-electron chi connectivity index (χ0n) is 9.18. The monoisotopic (exact) mass is 197 g/mol. The van der Waals surface area contributed by atoms with Gasteiger partial charge < -0.3 is 5.32 Å². The van der Waals surface area contributed by atoms with Crippen LogP contribution in [0.15, 0.2) is 4.99 Å². The molecule has 0 spiro atoms. The molecule has 0 aliphatic carbocycles. The van der Waals surface area contributed by atoms with Gasteiger partial charge >= 0.3 is 0 Å². The third-order valence-corrected chi connectivity index (χ3v) is 2.72. The summed E-state index contributed by atoms with van der Waals surface area (Å²) in [5.41, 5.74) is -0.424. The van der Waals surface area contributed by atoms with Crippen molar-refractivity contribution < 1.29 is 4.79 Å². The molecule has 0 aromatic heterocycles. The number of hydrogen-bond donors (Lipinski definition) is 2. The molecular formula is C10H19N3O. The summed E-state index contributed by atoms with van der Waals surface area (Å²) >= 11 is 0. The maximum absolute atomic E-state index is 11.7. The molecule has 1 amide bonds. The third-order valence-electron chi connectivity index (χ3n) is 2.72. The minimum absolute atomic E-state index is 0.0531. The highest BCUT2D eigenvalue weighted by Crippen LogP contribution is 2.18. The summed E-state index contributed by atoms with van der Waals surface area (Å²) in [5.74, 6) is 0.693. The number of nitrogens with zero attached hydrogens (tertiary/aromatic N) is 1. The number of amides is 1. The first kappa shape index (κ1) is 11.0. The second-order valence-electron chi connectivity index (χ2n) is 3.60. The molecule has 0 saturated carbocycles. The number of carbonyl (C=O) groups excluding carboxylic acids is 1. The van der Waals surface area contributed by atoms with E-state index in [1.54, 1.807) is 0 Å². The first-order valence-electron chi connectivity index (χ1n) is 5.32. The number of nitrogens with one attached hydrogen (secondary N) is 2. The lowest BCUT2D eigenvalue weighted by molar-refractivity contribution is -0.124. The molecule has 4 heteroatoms. The van der Waals surface area contributed by atoms with Gasteiger partial charge in [0.15, 0.2) is 5.96 Å². The molecule has 4 nitrogen and oxygen atoms in total. The highest BCUT2D eigenvalue weighted by atomic mass is 16.2. The Bertz CT molecular complexity index is 244. The summed E-state index contributed by atoms with van der Waals surface area (Å²) in [5, 5.41) is 5.96. The molecular weight excluding hydrogens is 178 g/mol. The van der Waals surface area contributed by atoms with Crippen molar-refractivity contribution >= 4 is 11.9 Å². The lowest BCUT2D eigenvalue weighted by atomic mass is 9.93. The quantitative estimate of drug-likeness (QED) is 0.707. The smallest absolute Gasteiger partial charge is 0.252 e. The van der Waals surface area contributed by atoms with Crippen LogP contribution in [0.2, 0.25) is 0 Å². The second-order valence-corrected chi connectivity index (χ2v) is 3.60. The molecule has 0 radical (unpaired) electrons. The van der Waals surface area contributed by atoms with Crippen LogP contribution in [0.25, 0.3) is 0 Å². The van der Waals surface area contributed by atoms with Crippen molar-refractivity contribution in [1.82, 2.24) is 10.6 Å². The summed E-state index contributed by atoms with van der Waals surface area (Å²) < 4.78 is 0. The largest absolute Gasteiger partial charge is 0.342 e. The molecule has 1 saturated heterocycles. The van der Waals surface area contributed by atoms with Crippen LogP contribution in [0.4, 0.5) is 0 Å². The average Bonchev–Trinajstić information content (AvgIpc) is 2.53. The van der Waals surface area contributed by atoms with Gasteiger partial charge in [0.2, 0.25) is 0 Å². The number of guanidine groups is 1. The van der Waals surface area contributed by atoms with Gasteiger partial charge in [0.1, 0.15) is 5.54 Å². The van der Waals surface area contributed by atoms with Crippen LogP contribution in [-0.2, 0) is 4.79 Å².